The quantitative estimate of drug-likeness (QED) is 0.614. The van der Waals surface area contributed by atoms with Crippen LogP contribution in [0.25, 0.3) is 11.1 Å². The molecule has 0 unspecified atom stereocenters. The molecular weight excluding hydrogens is 454 g/mol. The molecule has 2 N–H and O–H groups in total. The molecule has 3 aliphatic heterocycles. The van der Waals surface area contributed by atoms with E-state index in [-0.39, 0.29) is 22.7 Å². The van der Waals surface area contributed by atoms with Gasteiger partial charge in [0.15, 0.2) is 11.6 Å². The van der Waals surface area contributed by atoms with Gasteiger partial charge in [0.1, 0.15) is 11.4 Å². The molecule has 2 aromatic rings. The molecule has 0 aromatic heterocycles. The Balaban J connectivity index is 1.38. The van der Waals surface area contributed by atoms with Crippen LogP contribution in [0.5, 0.6) is 0 Å². The minimum absolute atomic E-state index is 0.184. The zero-order valence-corrected chi connectivity index (χ0v) is 19.5. The highest BCUT2D eigenvalue weighted by Gasteiger charge is 2.38. The fraction of sp³-hybridized carbons (Fsp3) is 0.333. The Labute approximate surface area is 201 Å². The number of benzene rings is 2. The number of piperidine rings is 1. The summed E-state index contributed by atoms with van der Waals surface area (Å²) in [6.07, 6.45) is 3.12. The van der Waals surface area contributed by atoms with E-state index in [9.17, 15) is 23.5 Å². The first-order valence-electron chi connectivity index (χ1n) is 11.6. The van der Waals surface area contributed by atoms with Crippen molar-refractivity contribution >= 4 is 28.7 Å². The van der Waals surface area contributed by atoms with Crippen LogP contribution >= 0.6 is 0 Å². The van der Waals surface area contributed by atoms with Crippen LogP contribution in [0.1, 0.15) is 43.4 Å². The Hall–Kier alpha value is -3.52. The van der Waals surface area contributed by atoms with Gasteiger partial charge in [-0.1, -0.05) is 24.3 Å². The maximum Gasteiger partial charge on any atom is 0.306 e. The standard InChI is InChI=1S/C27H26F2N2O4/c1-27(2)19(12-23(35-27)24-18-11-20(28)21(29)13-22(18)30-25(24)32)16-5-3-15(4-6-16)14-31-9-7-17(8-10-31)26(33)34/h3-6,11-13,17H,7-10,14H2,1-2H3,(H,30,32)(H,33,34)/b24-23+. The van der Waals surface area contributed by atoms with Gasteiger partial charge < -0.3 is 15.2 Å². The first-order valence-corrected chi connectivity index (χ1v) is 11.6. The highest BCUT2D eigenvalue weighted by atomic mass is 19.2. The van der Waals surface area contributed by atoms with E-state index in [1.54, 1.807) is 6.08 Å². The van der Waals surface area contributed by atoms with Crippen molar-refractivity contribution in [3.8, 4) is 0 Å². The van der Waals surface area contributed by atoms with Gasteiger partial charge in [-0.25, -0.2) is 8.78 Å². The second-order valence-corrected chi connectivity index (χ2v) is 9.76. The van der Waals surface area contributed by atoms with Gasteiger partial charge in [0.05, 0.1) is 17.2 Å². The number of ether oxygens (including phenoxy) is 1. The van der Waals surface area contributed by atoms with Crippen molar-refractivity contribution in [2.45, 2.75) is 38.8 Å². The molecule has 2 aromatic carbocycles. The maximum atomic E-state index is 13.9. The molecule has 1 amide bonds. The Morgan fingerprint density at radius 2 is 1.80 bits per heavy atom. The summed E-state index contributed by atoms with van der Waals surface area (Å²) in [5.74, 6) is -3.16. The fourth-order valence-electron chi connectivity index (χ4n) is 5.01. The van der Waals surface area contributed by atoms with Gasteiger partial charge in [-0.05, 0) is 63.0 Å². The van der Waals surface area contributed by atoms with Crippen LogP contribution in [0.15, 0.2) is 48.2 Å². The number of rotatable bonds is 4. The molecule has 0 bridgehead atoms. The molecule has 0 atom stereocenters. The van der Waals surface area contributed by atoms with Gasteiger partial charge in [-0.15, -0.1) is 0 Å². The smallest absolute Gasteiger partial charge is 0.306 e. The Morgan fingerprint density at radius 1 is 1.14 bits per heavy atom. The van der Waals surface area contributed by atoms with E-state index in [1.165, 1.54) is 0 Å². The van der Waals surface area contributed by atoms with Crippen LogP contribution in [0.4, 0.5) is 14.5 Å². The van der Waals surface area contributed by atoms with Crippen molar-refractivity contribution in [1.82, 2.24) is 4.90 Å². The van der Waals surface area contributed by atoms with Crippen LogP contribution in [0, 0.1) is 17.6 Å². The molecule has 35 heavy (non-hydrogen) atoms. The summed E-state index contributed by atoms with van der Waals surface area (Å²) in [7, 11) is 0. The summed E-state index contributed by atoms with van der Waals surface area (Å²) in [6.45, 7) is 6.06. The monoisotopic (exact) mass is 480 g/mol. The summed E-state index contributed by atoms with van der Waals surface area (Å²) < 4.78 is 33.7. The molecular formula is C27H26F2N2O4. The van der Waals surface area contributed by atoms with E-state index >= 15 is 0 Å². The molecule has 0 saturated carbocycles. The number of carboxylic acids is 1. The molecule has 8 heteroatoms. The van der Waals surface area contributed by atoms with E-state index in [4.69, 9.17) is 4.74 Å². The number of amides is 1. The lowest BCUT2D eigenvalue weighted by Gasteiger charge is -2.30. The van der Waals surface area contributed by atoms with E-state index in [0.29, 0.717) is 18.6 Å². The minimum Gasteiger partial charge on any atom is -0.482 e. The molecule has 1 fully saturated rings. The molecule has 3 heterocycles. The van der Waals surface area contributed by atoms with Crippen molar-refractivity contribution in [3.63, 3.8) is 0 Å². The Morgan fingerprint density at radius 3 is 2.46 bits per heavy atom. The summed E-state index contributed by atoms with van der Waals surface area (Å²) >= 11 is 0. The van der Waals surface area contributed by atoms with Gasteiger partial charge in [0.2, 0.25) is 0 Å². The zero-order valence-electron chi connectivity index (χ0n) is 19.5. The van der Waals surface area contributed by atoms with Gasteiger partial charge >= 0.3 is 5.97 Å². The van der Waals surface area contributed by atoms with Gasteiger partial charge in [0, 0.05) is 23.7 Å². The van der Waals surface area contributed by atoms with E-state index < -0.39 is 29.1 Å². The minimum atomic E-state index is -1.03. The number of hydrogen-bond acceptors (Lipinski definition) is 4. The first kappa shape index (κ1) is 23.2. The lowest BCUT2D eigenvalue weighted by atomic mass is 9.91. The Bertz CT molecular complexity index is 1270. The number of anilines is 1. The van der Waals surface area contributed by atoms with E-state index in [0.717, 1.165) is 48.5 Å². The van der Waals surface area contributed by atoms with Crippen molar-refractivity contribution in [3.05, 3.63) is 76.6 Å². The number of hydrogen-bond donors (Lipinski definition) is 2. The molecule has 182 valence electrons. The number of carbonyl (C=O) groups excluding carboxylic acids is 1. The highest BCUT2D eigenvalue weighted by molar-refractivity contribution is 6.32. The predicted octanol–water partition coefficient (Wildman–Crippen LogP) is 4.82. The van der Waals surface area contributed by atoms with Crippen LogP contribution in [0.2, 0.25) is 0 Å². The van der Waals surface area contributed by atoms with Crippen LogP contribution in [-0.4, -0.2) is 40.6 Å². The third kappa shape index (κ3) is 4.34. The van der Waals surface area contributed by atoms with E-state index in [2.05, 4.69) is 10.2 Å². The average molecular weight is 481 g/mol. The summed E-state index contributed by atoms with van der Waals surface area (Å²) in [6, 6.07) is 10.1. The SMILES string of the molecule is CC1(C)O/C(=C2/C(=O)Nc3cc(F)c(F)cc32)C=C1c1ccc(CN2CCC(C(=O)O)CC2)cc1. The molecule has 0 aliphatic carbocycles. The number of likely N-dealkylation sites (tertiary alicyclic amines) is 1. The number of carbonyl (C=O) groups is 2. The average Bonchev–Trinajstić information content (AvgIpc) is 3.29. The largest absolute Gasteiger partial charge is 0.482 e. The lowest BCUT2D eigenvalue weighted by Crippen LogP contribution is -2.35. The number of halogens is 2. The number of aliphatic carboxylic acids is 1. The number of fused-ring (bicyclic) bond motifs is 1. The number of nitrogens with zero attached hydrogens (tertiary/aromatic N) is 1. The molecule has 1 saturated heterocycles. The van der Waals surface area contributed by atoms with E-state index in [1.807, 2.05) is 38.1 Å². The third-order valence-corrected chi connectivity index (χ3v) is 6.95. The van der Waals surface area contributed by atoms with Crippen LogP contribution in [0.3, 0.4) is 0 Å². The third-order valence-electron chi connectivity index (χ3n) is 6.95. The molecule has 3 aliphatic rings. The molecule has 5 rings (SSSR count). The fourth-order valence-corrected chi connectivity index (χ4v) is 5.01. The summed E-state index contributed by atoms with van der Waals surface area (Å²) in [5.41, 5.74) is 2.88. The normalized spacial score (nSPS) is 21.9. The number of carboxylic acid groups (broad SMARTS) is 1. The molecule has 0 radical (unpaired) electrons. The topological polar surface area (TPSA) is 78.9 Å². The maximum absolute atomic E-state index is 13.9. The Kier molecular flexibility index (Phi) is 5.71. The first-order chi connectivity index (χ1) is 16.6. The lowest BCUT2D eigenvalue weighted by molar-refractivity contribution is -0.143. The van der Waals surface area contributed by atoms with Gasteiger partial charge in [-0.3, -0.25) is 14.5 Å². The number of nitrogens with one attached hydrogen (secondary N) is 1. The van der Waals surface area contributed by atoms with Crippen molar-refractivity contribution in [1.29, 1.82) is 0 Å². The highest BCUT2D eigenvalue weighted by Crippen LogP contribution is 2.44. The summed E-state index contributed by atoms with van der Waals surface area (Å²) in [4.78, 5) is 26.0. The molecule has 6 nitrogen and oxygen atoms in total. The van der Waals surface area contributed by atoms with Gasteiger partial charge in [0.25, 0.3) is 5.91 Å². The second-order valence-electron chi connectivity index (χ2n) is 9.76. The zero-order chi connectivity index (χ0) is 24.9. The summed E-state index contributed by atoms with van der Waals surface area (Å²) in [5, 5.41) is 11.8. The van der Waals surface area contributed by atoms with Crippen LogP contribution in [-0.2, 0) is 20.9 Å². The second kappa shape index (κ2) is 8.61. The number of allylic oxidation sites excluding steroid dienone is 1. The predicted molar refractivity (Wildman–Crippen MR) is 127 cm³/mol. The van der Waals surface area contributed by atoms with Crippen LogP contribution < -0.4 is 5.32 Å². The molecule has 0 spiro atoms. The van der Waals surface area contributed by atoms with Crippen molar-refractivity contribution < 1.29 is 28.2 Å². The van der Waals surface area contributed by atoms with Crippen molar-refractivity contribution in [2.24, 2.45) is 5.92 Å². The van der Waals surface area contributed by atoms with Crippen molar-refractivity contribution in [2.75, 3.05) is 18.4 Å². The van der Waals surface area contributed by atoms with Gasteiger partial charge in [-0.2, -0.15) is 0 Å².